The summed E-state index contributed by atoms with van der Waals surface area (Å²) in [6.45, 7) is 0. The van der Waals surface area contributed by atoms with Gasteiger partial charge in [0.25, 0.3) is 5.56 Å². The van der Waals surface area contributed by atoms with Gasteiger partial charge in [-0.2, -0.15) is 5.26 Å². The van der Waals surface area contributed by atoms with E-state index in [1.165, 1.54) is 11.7 Å². The zero-order valence-electron chi connectivity index (χ0n) is 16.6. The van der Waals surface area contributed by atoms with Crippen LogP contribution in [-0.2, 0) is 9.53 Å². The Hall–Kier alpha value is -2.93. The summed E-state index contributed by atoms with van der Waals surface area (Å²) in [6, 6.07) is 16.9. The normalized spacial score (nSPS) is 16.0. The minimum atomic E-state index is -0.762. The summed E-state index contributed by atoms with van der Waals surface area (Å²) in [7, 11) is 1.27. The minimum Gasteiger partial charge on any atom is -0.466 e. The van der Waals surface area contributed by atoms with Crippen LogP contribution >= 0.6 is 43.2 Å². The van der Waals surface area contributed by atoms with E-state index in [9.17, 15) is 14.9 Å². The third kappa shape index (κ3) is 3.86. The van der Waals surface area contributed by atoms with Crippen molar-refractivity contribution in [2.45, 2.75) is 5.92 Å². The highest BCUT2D eigenvalue weighted by Crippen LogP contribution is 2.37. The number of allylic oxidation sites excluding steroid dienone is 1. The monoisotopic (exact) mass is 571 g/mol. The molecule has 0 spiro atoms. The van der Waals surface area contributed by atoms with E-state index in [-0.39, 0.29) is 17.0 Å². The molecule has 0 saturated carbocycles. The number of aromatic nitrogens is 1. The lowest BCUT2D eigenvalue weighted by Crippen LogP contribution is -2.40. The number of hydrogen-bond donors (Lipinski definition) is 1. The number of rotatable bonds is 3. The van der Waals surface area contributed by atoms with E-state index in [0.717, 1.165) is 25.8 Å². The second-order valence-corrected chi connectivity index (χ2v) is 9.78. The van der Waals surface area contributed by atoms with Crippen LogP contribution in [0.5, 0.6) is 0 Å². The molecule has 0 unspecified atom stereocenters. The SMILES string of the molecule is COC(=O)C1=c2s/c(=C\c3cccc(Br)c3)c(=O)n2C(N)=C(C#N)[C@H]1c1cccc(Br)c1. The molecule has 1 aliphatic heterocycles. The van der Waals surface area contributed by atoms with Crippen LogP contribution in [0.4, 0.5) is 0 Å². The Balaban J connectivity index is 2.11. The molecule has 160 valence electrons. The van der Waals surface area contributed by atoms with E-state index in [0.29, 0.717) is 14.8 Å². The van der Waals surface area contributed by atoms with Crippen molar-refractivity contribution >= 4 is 66.6 Å². The Labute approximate surface area is 203 Å². The molecule has 0 radical (unpaired) electrons. The average molecular weight is 573 g/mol. The van der Waals surface area contributed by atoms with Gasteiger partial charge in [-0.1, -0.05) is 56.1 Å². The van der Waals surface area contributed by atoms with Gasteiger partial charge in [0, 0.05) is 8.95 Å². The van der Waals surface area contributed by atoms with E-state index in [4.69, 9.17) is 10.5 Å². The summed E-state index contributed by atoms with van der Waals surface area (Å²) >= 11 is 8.00. The van der Waals surface area contributed by atoms with Crippen LogP contribution < -0.4 is 20.5 Å². The third-order valence-corrected chi connectivity index (χ3v) is 7.10. The van der Waals surface area contributed by atoms with Gasteiger partial charge in [0.15, 0.2) is 0 Å². The molecule has 0 aliphatic carbocycles. The quantitative estimate of drug-likeness (QED) is 0.486. The largest absolute Gasteiger partial charge is 0.466 e. The second-order valence-electron chi connectivity index (χ2n) is 6.92. The minimum absolute atomic E-state index is 0.00951. The highest BCUT2D eigenvalue weighted by molar-refractivity contribution is 9.10. The predicted molar refractivity (Wildman–Crippen MR) is 131 cm³/mol. The molecule has 1 aromatic heterocycles. The summed E-state index contributed by atoms with van der Waals surface area (Å²) in [5, 5.41) is 9.93. The number of hydrogen-bond acceptors (Lipinski definition) is 6. The van der Waals surface area contributed by atoms with E-state index >= 15 is 0 Å². The van der Waals surface area contributed by atoms with Crippen LogP contribution in [0, 0.1) is 11.3 Å². The van der Waals surface area contributed by atoms with Gasteiger partial charge in [-0.25, -0.2) is 4.79 Å². The van der Waals surface area contributed by atoms with Crippen molar-refractivity contribution in [3.8, 4) is 6.07 Å². The zero-order chi connectivity index (χ0) is 23.0. The van der Waals surface area contributed by atoms with E-state index in [2.05, 4.69) is 37.9 Å². The van der Waals surface area contributed by atoms with Crippen LogP contribution in [0.3, 0.4) is 0 Å². The van der Waals surface area contributed by atoms with Crippen LogP contribution in [0.2, 0.25) is 0 Å². The van der Waals surface area contributed by atoms with E-state index < -0.39 is 17.4 Å². The fourth-order valence-electron chi connectivity index (χ4n) is 3.62. The molecule has 0 saturated heterocycles. The van der Waals surface area contributed by atoms with Crippen molar-refractivity contribution in [1.82, 2.24) is 4.57 Å². The van der Waals surface area contributed by atoms with Gasteiger partial charge in [0.2, 0.25) is 0 Å². The van der Waals surface area contributed by atoms with Gasteiger partial charge < -0.3 is 10.5 Å². The number of methoxy groups -OCH3 is 1. The van der Waals surface area contributed by atoms with E-state index in [1.807, 2.05) is 42.5 Å². The van der Waals surface area contributed by atoms with Crippen LogP contribution in [0.1, 0.15) is 17.0 Å². The molecule has 32 heavy (non-hydrogen) atoms. The third-order valence-electron chi connectivity index (χ3n) is 5.00. The number of thiazole rings is 1. The molecule has 0 amide bonds. The molecule has 2 aromatic carbocycles. The van der Waals surface area contributed by atoms with Crippen molar-refractivity contribution in [3.63, 3.8) is 0 Å². The molecule has 1 atom stereocenters. The van der Waals surface area contributed by atoms with Crippen molar-refractivity contribution in [3.05, 3.63) is 93.7 Å². The molecule has 0 fully saturated rings. The summed E-state index contributed by atoms with van der Waals surface area (Å²) in [4.78, 5) is 26.2. The Morgan fingerprint density at radius 3 is 2.53 bits per heavy atom. The summed E-state index contributed by atoms with van der Waals surface area (Å²) in [5.74, 6) is -1.38. The van der Waals surface area contributed by atoms with Gasteiger partial charge >= 0.3 is 5.97 Å². The number of halogens is 2. The molecule has 2 heterocycles. The summed E-state index contributed by atoms with van der Waals surface area (Å²) in [5.41, 5.74) is 7.74. The molecule has 1 aliphatic rings. The lowest BCUT2D eigenvalue weighted by molar-refractivity contribution is -0.134. The standard InChI is InChI=1S/C23H15Br2N3O3S/c1-31-23(30)19-18(13-5-3-7-15(25)10-13)16(11-26)20(27)28-21(29)17(32-22(19)28)9-12-4-2-6-14(24)8-12/h2-10,18H,27H2,1H3/b17-9-/t18-/m1/s1. The van der Waals surface area contributed by atoms with E-state index in [1.54, 1.807) is 12.1 Å². The molecular formula is C23H15Br2N3O3S. The smallest absolute Gasteiger partial charge is 0.337 e. The summed E-state index contributed by atoms with van der Waals surface area (Å²) in [6.07, 6.45) is 1.73. The number of carbonyl (C=O) groups excluding carboxylic acids is 1. The van der Waals surface area contributed by atoms with Gasteiger partial charge in [-0.05, 0) is 41.5 Å². The summed E-state index contributed by atoms with van der Waals surface area (Å²) < 4.78 is 8.68. The van der Waals surface area contributed by atoms with Gasteiger partial charge in [-0.3, -0.25) is 9.36 Å². The van der Waals surface area contributed by atoms with Crippen molar-refractivity contribution in [2.24, 2.45) is 5.73 Å². The molecule has 3 aromatic rings. The lowest BCUT2D eigenvalue weighted by atomic mass is 9.84. The van der Waals surface area contributed by atoms with Crippen LogP contribution in [-0.4, -0.2) is 17.6 Å². The molecule has 9 heteroatoms. The highest BCUT2D eigenvalue weighted by atomic mass is 79.9. The maximum Gasteiger partial charge on any atom is 0.337 e. The fourth-order valence-corrected chi connectivity index (χ4v) is 5.62. The number of nitrogens with zero attached hydrogens (tertiary/aromatic N) is 2. The van der Waals surface area contributed by atoms with Crippen molar-refractivity contribution in [1.29, 1.82) is 5.26 Å². The van der Waals surface area contributed by atoms with Crippen LogP contribution in [0.25, 0.3) is 17.5 Å². The Morgan fingerprint density at radius 2 is 1.91 bits per heavy atom. The highest BCUT2D eigenvalue weighted by Gasteiger charge is 2.36. The maximum atomic E-state index is 13.3. The van der Waals surface area contributed by atoms with Crippen LogP contribution in [0.15, 0.2) is 67.8 Å². The number of nitriles is 1. The molecule has 4 rings (SSSR count). The fraction of sp³-hybridized carbons (Fsp3) is 0.0870. The average Bonchev–Trinajstić information content (AvgIpc) is 3.09. The Kier molecular flexibility index (Phi) is 6.20. The van der Waals surface area contributed by atoms with Crippen molar-refractivity contribution < 1.29 is 9.53 Å². The molecule has 6 nitrogen and oxygen atoms in total. The van der Waals surface area contributed by atoms with Gasteiger partial charge in [-0.15, -0.1) is 11.3 Å². The Bertz CT molecular complexity index is 1510. The number of ether oxygens (including phenoxy) is 1. The number of carbonyl (C=O) groups is 1. The molecule has 0 bridgehead atoms. The second kappa shape index (κ2) is 8.90. The number of benzene rings is 2. The Morgan fingerprint density at radius 1 is 1.22 bits per heavy atom. The van der Waals surface area contributed by atoms with Gasteiger partial charge in [0.1, 0.15) is 10.5 Å². The topological polar surface area (TPSA) is 98.1 Å². The zero-order valence-corrected chi connectivity index (χ0v) is 20.6. The predicted octanol–water partition coefficient (Wildman–Crippen LogP) is 3.04. The van der Waals surface area contributed by atoms with Gasteiger partial charge in [0.05, 0.1) is 34.8 Å². The first-order valence-electron chi connectivity index (χ1n) is 9.33. The first-order valence-corrected chi connectivity index (χ1v) is 11.7. The number of nitrogens with two attached hydrogens (primary N) is 1. The maximum absolute atomic E-state index is 13.3. The first kappa shape index (κ1) is 22.3. The number of fused-ring (bicyclic) bond motifs is 1. The lowest BCUT2D eigenvalue weighted by Gasteiger charge is -2.24. The molecular weight excluding hydrogens is 558 g/mol. The molecule has 2 N–H and O–H groups in total. The number of esters is 1. The first-order chi connectivity index (χ1) is 15.3. The van der Waals surface area contributed by atoms with Crippen molar-refractivity contribution in [2.75, 3.05) is 7.11 Å².